The molecule has 1 amide bonds. The van der Waals surface area contributed by atoms with Crippen molar-refractivity contribution < 1.29 is 17.9 Å². The van der Waals surface area contributed by atoms with Crippen LogP contribution in [0.25, 0.3) is 0 Å². The van der Waals surface area contributed by atoms with Crippen molar-refractivity contribution in [3.05, 3.63) is 27.7 Å². The summed E-state index contributed by atoms with van der Waals surface area (Å²) in [6, 6.07) is 2.67. The van der Waals surface area contributed by atoms with Crippen molar-refractivity contribution in [2.45, 2.75) is 30.6 Å². The number of rotatable bonds is 3. The molecule has 2 fully saturated rings. The van der Waals surface area contributed by atoms with Crippen molar-refractivity contribution >= 4 is 39.1 Å². The highest BCUT2D eigenvalue weighted by Crippen LogP contribution is 2.32. The summed E-state index contributed by atoms with van der Waals surface area (Å²) in [7, 11) is -3.81. The minimum Gasteiger partial charge on any atom is -0.379 e. The maximum absolute atomic E-state index is 12.9. The summed E-state index contributed by atoms with van der Waals surface area (Å²) in [5.41, 5.74) is 0.185. The Balaban J connectivity index is 1.95. The van der Waals surface area contributed by atoms with Crippen LogP contribution in [0, 0.1) is 0 Å². The van der Waals surface area contributed by atoms with Crippen LogP contribution in [-0.4, -0.2) is 62.9 Å². The van der Waals surface area contributed by atoms with Gasteiger partial charge >= 0.3 is 0 Å². The molecule has 0 aromatic heterocycles. The molecule has 2 aliphatic rings. The van der Waals surface area contributed by atoms with Gasteiger partial charge in [0.2, 0.25) is 10.0 Å². The lowest BCUT2D eigenvalue weighted by atomic mass is 10.2. The summed E-state index contributed by atoms with van der Waals surface area (Å²) in [5, 5.41) is 0.194. The van der Waals surface area contributed by atoms with E-state index in [1.807, 2.05) is 0 Å². The summed E-state index contributed by atoms with van der Waals surface area (Å²) in [5.74, 6) is -0.244. The first-order valence-electron chi connectivity index (χ1n) is 8.77. The average molecular weight is 421 g/mol. The monoisotopic (exact) mass is 420 g/mol. The van der Waals surface area contributed by atoms with Crippen LogP contribution in [0.3, 0.4) is 0 Å². The highest BCUT2D eigenvalue weighted by molar-refractivity contribution is 7.89. The number of halogens is 2. The highest BCUT2D eigenvalue weighted by Gasteiger charge is 2.31. The zero-order valence-corrected chi connectivity index (χ0v) is 16.7. The standard InChI is InChI=1S/C17H22Cl2N2O4S/c18-14-12-15(19)16(26(23,24)21-7-9-25-10-8-21)11-13(14)17(22)20-5-3-1-2-4-6-20/h11-12H,1-10H2. The van der Waals surface area contributed by atoms with Crippen LogP contribution in [0.1, 0.15) is 36.0 Å². The van der Waals surface area contributed by atoms with Gasteiger partial charge in [-0.2, -0.15) is 4.31 Å². The minimum atomic E-state index is -3.81. The molecule has 0 bridgehead atoms. The number of benzene rings is 1. The van der Waals surface area contributed by atoms with Crippen molar-refractivity contribution in [3.63, 3.8) is 0 Å². The Kier molecular flexibility index (Phi) is 6.45. The van der Waals surface area contributed by atoms with E-state index in [0.717, 1.165) is 25.7 Å². The Hall–Kier alpha value is -0.860. The molecule has 2 saturated heterocycles. The highest BCUT2D eigenvalue weighted by atomic mass is 35.5. The first kappa shape index (κ1) is 19.9. The van der Waals surface area contributed by atoms with Gasteiger partial charge in [-0.1, -0.05) is 36.0 Å². The number of carbonyl (C=O) groups excluding carboxylic acids is 1. The summed E-state index contributed by atoms with van der Waals surface area (Å²) < 4.78 is 32.4. The smallest absolute Gasteiger partial charge is 0.255 e. The molecule has 9 heteroatoms. The van der Waals surface area contributed by atoms with Gasteiger partial charge in [0.1, 0.15) is 4.90 Å². The fourth-order valence-electron chi connectivity index (χ4n) is 3.26. The number of ether oxygens (including phenoxy) is 1. The van der Waals surface area contributed by atoms with Gasteiger partial charge in [-0.3, -0.25) is 4.79 Å². The number of likely N-dealkylation sites (tertiary alicyclic amines) is 1. The maximum atomic E-state index is 12.9. The summed E-state index contributed by atoms with van der Waals surface area (Å²) in [4.78, 5) is 14.6. The summed E-state index contributed by atoms with van der Waals surface area (Å²) >= 11 is 12.4. The first-order chi connectivity index (χ1) is 12.4. The lowest BCUT2D eigenvalue weighted by Gasteiger charge is -2.27. The van der Waals surface area contributed by atoms with E-state index in [-0.39, 0.29) is 39.5 Å². The molecule has 2 heterocycles. The Bertz CT molecular complexity index is 771. The molecule has 0 unspecified atom stereocenters. The number of sulfonamides is 1. The van der Waals surface area contributed by atoms with E-state index in [0.29, 0.717) is 26.3 Å². The molecule has 1 aromatic carbocycles. The zero-order valence-electron chi connectivity index (χ0n) is 14.4. The lowest BCUT2D eigenvalue weighted by molar-refractivity contribution is 0.0729. The number of nitrogens with zero attached hydrogens (tertiary/aromatic N) is 2. The molecular weight excluding hydrogens is 399 g/mol. The summed E-state index contributed by atoms with van der Waals surface area (Å²) in [6.45, 7) is 2.51. The second kappa shape index (κ2) is 8.44. The molecule has 0 spiro atoms. The van der Waals surface area contributed by atoms with E-state index in [1.54, 1.807) is 4.90 Å². The molecule has 144 valence electrons. The third-order valence-corrected chi connectivity index (χ3v) is 7.41. The molecular formula is C17H22Cl2N2O4S. The van der Waals surface area contributed by atoms with Crippen molar-refractivity contribution in [1.82, 2.24) is 9.21 Å². The molecule has 6 nitrogen and oxygen atoms in total. The van der Waals surface area contributed by atoms with Crippen LogP contribution in [0.2, 0.25) is 10.0 Å². The van der Waals surface area contributed by atoms with Gasteiger partial charge < -0.3 is 9.64 Å². The molecule has 1 aromatic rings. The van der Waals surface area contributed by atoms with Gasteiger partial charge in [0.05, 0.1) is 28.8 Å². The van der Waals surface area contributed by atoms with Gasteiger partial charge in [0, 0.05) is 26.2 Å². The summed E-state index contributed by atoms with van der Waals surface area (Å²) in [6.07, 6.45) is 4.06. The van der Waals surface area contributed by atoms with E-state index in [9.17, 15) is 13.2 Å². The van der Waals surface area contributed by atoms with Crippen LogP contribution >= 0.6 is 23.2 Å². The van der Waals surface area contributed by atoms with Crippen LogP contribution < -0.4 is 0 Å². The van der Waals surface area contributed by atoms with Gasteiger partial charge in [-0.25, -0.2) is 8.42 Å². The fourth-order valence-corrected chi connectivity index (χ4v) is 5.50. The van der Waals surface area contributed by atoms with E-state index >= 15 is 0 Å². The van der Waals surface area contributed by atoms with E-state index < -0.39 is 10.0 Å². The van der Waals surface area contributed by atoms with Gasteiger partial charge in [-0.15, -0.1) is 0 Å². The normalized spacial score (nSPS) is 20.0. The third kappa shape index (κ3) is 4.17. The molecule has 0 radical (unpaired) electrons. The van der Waals surface area contributed by atoms with Crippen molar-refractivity contribution in [2.24, 2.45) is 0 Å². The predicted octanol–water partition coefficient (Wildman–Crippen LogP) is 3.03. The lowest BCUT2D eigenvalue weighted by Crippen LogP contribution is -2.40. The Labute approximate surface area is 164 Å². The second-order valence-electron chi connectivity index (χ2n) is 6.49. The quantitative estimate of drug-likeness (QED) is 0.753. The largest absolute Gasteiger partial charge is 0.379 e. The minimum absolute atomic E-state index is 0.0221. The number of morpholine rings is 1. The van der Waals surface area contributed by atoms with Crippen molar-refractivity contribution in [1.29, 1.82) is 0 Å². The number of amides is 1. The van der Waals surface area contributed by atoms with Gasteiger partial charge in [-0.05, 0) is 25.0 Å². The molecule has 0 atom stereocenters. The fraction of sp³-hybridized carbons (Fsp3) is 0.588. The van der Waals surface area contributed by atoms with E-state index in [4.69, 9.17) is 27.9 Å². The first-order valence-corrected chi connectivity index (χ1v) is 11.0. The van der Waals surface area contributed by atoms with E-state index in [1.165, 1.54) is 16.4 Å². The van der Waals surface area contributed by atoms with Gasteiger partial charge in [0.15, 0.2) is 0 Å². The number of hydrogen-bond donors (Lipinski definition) is 0. The molecule has 26 heavy (non-hydrogen) atoms. The molecule has 3 rings (SSSR count). The Morgan fingerprint density at radius 3 is 2.15 bits per heavy atom. The van der Waals surface area contributed by atoms with Gasteiger partial charge in [0.25, 0.3) is 5.91 Å². The molecule has 0 aliphatic carbocycles. The van der Waals surface area contributed by atoms with Crippen molar-refractivity contribution in [2.75, 3.05) is 39.4 Å². The van der Waals surface area contributed by atoms with Crippen LogP contribution in [0.4, 0.5) is 0 Å². The molecule has 0 saturated carbocycles. The average Bonchev–Trinajstić information content (AvgIpc) is 2.91. The van der Waals surface area contributed by atoms with E-state index in [2.05, 4.69) is 0 Å². The number of carbonyl (C=O) groups is 1. The van der Waals surface area contributed by atoms with Crippen LogP contribution in [0.5, 0.6) is 0 Å². The third-order valence-electron chi connectivity index (χ3n) is 4.73. The topological polar surface area (TPSA) is 66.9 Å². The maximum Gasteiger partial charge on any atom is 0.255 e. The Morgan fingerprint density at radius 1 is 0.923 bits per heavy atom. The molecule has 2 aliphatic heterocycles. The van der Waals surface area contributed by atoms with Crippen LogP contribution in [0.15, 0.2) is 17.0 Å². The predicted molar refractivity (Wildman–Crippen MR) is 100 cm³/mol. The second-order valence-corrected chi connectivity index (χ2v) is 9.21. The van der Waals surface area contributed by atoms with Crippen molar-refractivity contribution in [3.8, 4) is 0 Å². The van der Waals surface area contributed by atoms with Crippen LogP contribution in [-0.2, 0) is 14.8 Å². The Morgan fingerprint density at radius 2 is 1.54 bits per heavy atom. The molecule has 0 N–H and O–H groups in total. The number of hydrogen-bond acceptors (Lipinski definition) is 4. The SMILES string of the molecule is O=C(c1cc(S(=O)(=O)N2CCOCC2)c(Cl)cc1Cl)N1CCCCCC1. The zero-order chi connectivity index (χ0) is 18.7.